The summed E-state index contributed by atoms with van der Waals surface area (Å²) in [7, 11) is 0. The van der Waals surface area contributed by atoms with Crippen molar-refractivity contribution in [2.24, 2.45) is 4.99 Å². The molecule has 1 N–H and O–H groups in total. The summed E-state index contributed by atoms with van der Waals surface area (Å²) in [5.41, 5.74) is 0. The molecule has 0 amide bonds. The van der Waals surface area contributed by atoms with Crippen LogP contribution in [0.4, 0.5) is 0 Å². The average molecular weight is 338 g/mol. The molecule has 5 heteroatoms. The van der Waals surface area contributed by atoms with Gasteiger partial charge in [0.2, 0.25) is 0 Å². The number of carbonyl (C=O) groups is 1. The van der Waals surface area contributed by atoms with Gasteiger partial charge in [0.15, 0.2) is 0 Å². The molecule has 0 aliphatic carbocycles. The Labute approximate surface area is 178 Å². The van der Waals surface area contributed by atoms with Crippen LogP contribution in [0.15, 0.2) is 4.99 Å². The molecule has 0 unspecified atom stereocenters. The van der Waals surface area contributed by atoms with Crippen LogP contribution in [0.1, 0.15) is 90.4 Å². The van der Waals surface area contributed by atoms with Gasteiger partial charge in [-0.1, -0.05) is 77.6 Å². The zero-order valence-corrected chi connectivity index (χ0v) is 17.7. The Kier molecular flexibility index (Phi) is 22.1. The zero-order valence-electron chi connectivity index (χ0n) is 14.6. The van der Waals surface area contributed by atoms with E-state index in [1.807, 2.05) is 0 Å². The minimum atomic E-state index is -1.04. The molecule has 0 rings (SSSR count). The molecule has 0 saturated heterocycles. The molecule has 0 atom stereocenters. The molecule has 0 aromatic carbocycles. The monoisotopic (exact) mass is 337 g/mol. The van der Waals surface area contributed by atoms with E-state index in [1.54, 1.807) is 0 Å². The molecule has 0 spiro atoms. The van der Waals surface area contributed by atoms with Gasteiger partial charge in [0.25, 0.3) is 0 Å². The number of aliphatic imine (C=N–C) groups is 1. The molecule has 0 heterocycles. The SMILES string of the molecule is CCCCCCCCCCCCCCC([O-])=NCC(=O)O.[K+]. The first-order valence-electron chi connectivity index (χ1n) is 8.59. The first kappa shape index (κ1) is 24.8. The molecule has 0 radical (unpaired) electrons. The molecule has 0 aliphatic rings. The molecule has 22 heavy (non-hydrogen) atoms. The van der Waals surface area contributed by atoms with E-state index in [2.05, 4.69) is 11.9 Å². The maximum atomic E-state index is 11.2. The number of carboxylic acids is 1. The predicted octanol–water partition coefficient (Wildman–Crippen LogP) is 0.925. The van der Waals surface area contributed by atoms with Gasteiger partial charge < -0.3 is 10.2 Å². The van der Waals surface area contributed by atoms with Gasteiger partial charge in [0, 0.05) is 0 Å². The third-order valence-corrected chi connectivity index (χ3v) is 3.63. The second kappa shape index (κ2) is 19.6. The number of hydrogen-bond donors (Lipinski definition) is 1. The first-order chi connectivity index (χ1) is 10.2. The molecule has 124 valence electrons. The van der Waals surface area contributed by atoms with Crippen LogP contribution >= 0.6 is 0 Å². The second-order valence-corrected chi connectivity index (χ2v) is 5.74. The van der Waals surface area contributed by atoms with Gasteiger partial charge in [-0.2, -0.15) is 0 Å². The summed E-state index contributed by atoms with van der Waals surface area (Å²) >= 11 is 0. The Morgan fingerprint density at radius 2 is 1.27 bits per heavy atom. The molecule has 0 aliphatic heterocycles. The summed E-state index contributed by atoms with van der Waals surface area (Å²) in [5.74, 6) is -1.32. The predicted molar refractivity (Wildman–Crippen MR) is 85.6 cm³/mol. The number of aliphatic carboxylic acids is 1. The van der Waals surface area contributed by atoms with Crippen molar-refractivity contribution in [1.29, 1.82) is 0 Å². The standard InChI is InChI=1S/C17H33NO3.K/c1-2-3-4-5-6-7-8-9-10-11-12-13-14-16(19)18-15-17(20)21;/h2-15H2,1H3,(H,18,19)(H,20,21);/q;+1/p-1. The van der Waals surface area contributed by atoms with E-state index < -0.39 is 12.5 Å². The van der Waals surface area contributed by atoms with Crippen LogP contribution < -0.4 is 56.5 Å². The molecule has 0 bridgehead atoms. The maximum Gasteiger partial charge on any atom is 1.00 e. The van der Waals surface area contributed by atoms with E-state index in [-0.39, 0.29) is 57.3 Å². The molecule has 0 aromatic rings. The van der Waals surface area contributed by atoms with Crippen LogP contribution in [0, 0.1) is 0 Å². The maximum absolute atomic E-state index is 11.2. The van der Waals surface area contributed by atoms with Crippen molar-refractivity contribution < 1.29 is 66.4 Å². The fourth-order valence-electron chi connectivity index (χ4n) is 2.35. The van der Waals surface area contributed by atoms with Crippen molar-refractivity contribution >= 4 is 11.9 Å². The number of hydrogen-bond acceptors (Lipinski definition) is 3. The van der Waals surface area contributed by atoms with Gasteiger partial charge in [-0.15, -0.1) is 0 Å². The van der Waals surface area contributed by atoms with Crippen molar-refractivity contribution in [3.8, 4) is 0 Å². The van der Waals surface area contributed by atoms with E-state index in [1.165, 1.54) is 64.2 Å². The summed E-state index contributed by atoms with van der Waals surface area (Å²) in [5, 5.41) is 19.6. The largest absolute Gasteiger partial charge is 1.00 e. The number of carboxylic acid groups (broad SMARTS) is 1. The Morgan fingerprint density at radius 3 is 1.68 bits per heavy atom. The Morgan fingerprint density at radius 1 is 0.864 bits per heavy atom. The fraction of sp³-hybridized carbons (Fsp3) is 0.882. The van der Waals surface area contributed by atoms with E-state index in [4.69, 9.17) is 5.11 Å². The summed E-state index contributed by atoms with van der Waals surface area (Å²) in [6.07, 6.45) is 15.5. The smallest absolute Gasteiger partial charge is 0.862 e. The third-order valence-electron chi connectivity index (χ3n) is 3.63. The van der Waals surface area contributed by atoms with Crippen LogP contribution in [-0.2, 0) is 4.79 Å². The van der Waals surface area contributed by atoms with Gasteiger partial charge in [-0.25, -0.2) is 0 Å². The number of rotatable bonds is 15. The molecule has 0 fully saturated rings. The first-order valence-corrected chi connectivity index (χ1v) is 8.59. The molecule has 0 aromatic heterocycles. The van der Waals surface area contributed by atoms with E-state index in [9.17, 15) is 9.90 Å². The fourth-order valence-corrected chi connectivity index (χ4v) is 2.35. The van der Waals surface area contributed by atoms with Crippen LogP contribution in [0.2, 0.25) is 0 Å². The Balaban J connectivity index is 0. The summed E-state index contributed by atoms with van der Waals surface area (Å²) in [6.45, 7) is 1.85. The molecule has 4 nitrogen and oxygen atoms in total. The topological polar surface area (TPSA) is 72.7 Å². The van der Waals surface area contributed by atoms with E-state index in [0.29, 0.717) is 6.42 Å². The third kappa shape index (κ3) is 20.6. The van der Waals surface area contributed by atoms with Gasteiger partial charge in [-0.05, 0) is 18.7 Å². The minimum Gasteiger partial charge on any atom is -0.862 e. The summed E-state index contributed by atoms with van der Waals surface area (Å²) in [4.78, 5) is 13.7. The van der Waals surface area contributed by atoms with Crippen molar-refractivity contribution in [2.75, 3.05) is 6.54 Å². The number of nitrogens with zero attached hydrogens (tertiary/aromatic N) is 1. The van der Waals surface area contributed by atoms with E-state index >= 15 is 0 Å². The molecule has 0 saturated carbocycles. The summed E-state index contributed by atoms with van der Waals surface area (Å²) < 4.78 is 0. The second-order valence-electron chi connectivity index (χ2n) is 5.74. The van der Waals surface area contributed by atoms with Crippen LogP contribution in [0.3, 0.4) is 0 Å². The van der Waals surface area contributed by atoms with Crippen LogP contribution in [0.5, 0.6) is 0 Å². The zero-order chi connectivity index (χ0) is 15.8. The Bertz CT molecular complexity index is 283. The van der Waals surface area contributed by atoms with Crippen molar-refractivity contribution in [1.82, 2.24) is 0 Å². The molecular formula is C17H32KNO3. The van der Waals surface area contributed by atoms with Crippen molar-refractivity contribution in [3.05, 3.63) is 0 Å². The van der Waals surface area contributed by atoms with Gasteiger partial charge in [0.05, 0.1) is 0 Å². The van der Waals surface area contributed by atoms with Crippen molar-refractivity contribution in [2.45, 2.75) is 90.4 Å². The summed E-state index contributed by atoms with van der Waals surface area (Å²) in [6, 6.07) is 0. The average Bonchev–Trinajstić information content (AvgIpc) is 2.46. The van der Waals surface area contributed by atoms with Gasteiger partial charge in [0.1, 0.15) is 6.54 Å². The quantitative estimate of drug-likeness (QED) is 0.209. The molecular weight excluding hydrogens is 305 g/mol. The van der Waals surface area contributed by atoms with Crippen molar-refractivity contribution in [3.63, 3.8) is 0 Å². The van der Waals surface area contributed by atoms with Crippen LogP contribution in [-0.4, -0.2) is 23.5 Å². The van der Waals surface area contributed by atoms with E-state index in [0.717, 1.165) is 12.8 Å². The van der Waals surface area contributed by atoms with Gasteiger partial charge >= 0.3 is 57.4 Å². The number of unbranched alkanes of at least 4 members (excludes halogenated alkanes) is 11. The normalized spacial score (nSPS) is 11.2. The minimum absolute atomic E-state index is 0. The van der Waals surface area contributed by atoms with Gasteiger partial charge in [-0.3, -0.25) is 9.79 Å². The Hall–Kier alpha value is 0.576. The van der Waals surface area contributed by atoms with Crippen LogP contribution in [0.25, 0.3) is 0 Å².